The van der Waals surface area contributed by atoms with Crippen molar-refractivity contribution in [2.45, 2.75) is 38.6 Å². The summed E-state index contributed by atoms with van der Waals surface area (Å²) in [5.74, 6) is 0.898. The van der Waals surface area contributed by atoms with Crippen LogP contribution < -0.4 is 5.32 Å². The van der Waals surface area contributed by atoms with Gasteiger partial charge in [0.05, 0.1) is 5.92 Å². The van der Waals surface area contributed by atoms with Crippen molar-refractivity contribution in [2.75, 3.05) is 33.7 Å². The van der Waals surface area contributed by atoms with Crippen molar-refractivity contribution >= 4 is 11.8 Å². The van der Waals surface area contributed by atoms with Crippen molar-refractivity contribution in [1.82, 2.24) is 15.1 Å². The summed E-state index contributed by atoms with van der Waals surface area (Å²) in [6.07, 6.45) is 4.38. The van der Waals surface area contributed by atoms with Gasteiger partial charge in [0.2, 0.25) is 11.8 Å². The Morgan fingerprint density at radius 2 is 2.00 bits per heavy atom. The molecule has 0 aromatic heterocycles. The second-order valence-corrected chi connectivity index (χ2v) is 6.42. The zero-order valence-corrected chi connectivity index (χ0v) is 12.9. The summed E-state index contributed by atoms with van der Waals surface area (Å²) >= 11 is 0. The van der Waals surface area contributed by atoms with E-state index in [0.29, 0.717) is 12.6 Å². The normalized spacial score (nSPS) is 24.6. The Kier molecular flexibility index (Phi) is 5.02. The van der Waals surface area contributed by atoms with Gasteiger partial charge in [0.15, 0.2) is 0 Å². The lowest BCUT2D eigenvalue weighted by molar-refractivity contribution is -0.134. The standard InChI is InChI=1S/C15H27N3O2/c1-11(19)18-8-4-5-13(10-18)15(20)16-9-14(17(2)3)12-6-7-12/h12-14H,4-10H2,1-3H3,(H,16,20). The molecule has 1 aliphatic carbocycles. The topological polar surface area (TPSA) is 52.7 Å². The summed E-state index contributed by atoms with van der Waals surface area (Å²) in [6, 6.07) is 0.450. The maximum absolute atomic E-state index is 12.3. The van der Waals surface area contributed by atoms with Crippen LogP contribution in [0.2, 0.25) is 0 Å². The van der Waals surface area contributed by atoms with Crippen LogP contribution in [0.25, 0.3) is 0 Å². The van der Waals surface area contributed by atoms with Crippen molar-refractivity contribution in [3.8, 4) is 0 Å². The molecule has 1 saturated carbocycles. The average molecular weight is 281 g/mol. The smallest absolute Gasteiger partial charge is 0.224 e. The van der Waals surface area contributed by atoms with E-state index in [1.807, 2.05) is 0 Å². The lowest BCUT2D eigenvalue weighted by Crippen LogP contribution is -2.48. The quantitative estimate of drug-likeness (QED) is 0.807. The highest BCUT2D eigenvalue weighted by Crippen LogP contribution is 2.34. The van der Waals surface area contributed by atoms with Crippen LogP contribution in [0, 0.1) is 11.8 Å². The van der Waals surface area contributed by atoms with Gasteiger partial charge in [-0.1, -0.05) is 0 Å². The fourth-order valence-corrected chi connectivity index (χ4v) is 3.08. The van der Waals surface area contributed by atoms with E-state index in [0.717, 1.165) is 31.8 Å². The summed E-state index contributed by atoms with van der Waals surface area (Å²) in [4.78, 5) is 27.7. The molecule has 5 heteroatoms. The molecular formula is C15H27N3O2. The Labute approximate surface area is 121 Å². The maximum Gasteiger partial charge on any atom is 0.224 e. The van der Waals surface area contributed by atoms with Crippen LogP contribution in [0.3, 0.4) is 0 Å². The maximum atomic E-state index is 12.3. The highest BCUT2D eigenvalue weighted by molar-refractivity contribution is 5.80. The molecule has 2 aliphatic rings. The minimum absolute atomic E-state index is 0.0327. The molecule has 1 aliphatic heterocycles. The Morgan fingerprint density at radius 3 is 2.55 bits per heavy atom. The van der Waals surface area contributed by atoms with Crippen molar-refractivity contribution < 1.29 is 9.59 Å². The van der Waals surface area contributed by atoms with Crippen molar-refractivity contribution in [2.24, 2.45) is 11.8 Å². The average Bonchev–Trinajstić information content (AvgIpc) is 3.23. The lowest BCUT2D eigenvalue weighted by Gasteiger charge is -2.32. The van der Waals surface area contributed by atoms with E-state index < -0.39 is 0 Å². The first-order valence-corrected chi connectivity index (χ1v) is 7.68. The molecule has 114 valence electrons. The number of carbonyl (C=O) groups is 2. The predicted octanol–water partition coefficient (Wildman–Crippen LogP) is 0.701. The van der Waals surface area contributed by atoms with Gasteiger partial charge in [-0.2, -0.15) is 0 Å². The monoisotopic (exact) mass is 281 g/mol. The second kappa shape index (κ2) is 6.57. The molecule has 1 heterocycles. The van der Waals surface area contributed by atoms with E-state index in [9.17, 15) is 9.59 Å². The van der Waals surface area contributed by atoms with Crippen LogP contribution in [0.1, 0.15) is 32.6 Å². The SMILES string of the molecule is CC(=O)N1CCCC(C(=O)NCC(C2CC2)N(C)C)C1. The Balaban J connectivity index is 1.80. The van der Waals surface area contributed by atoms with Gasteiger partial charge in [0.1, 0.15) is 0 Å². The molecule has 2 fully saturated rings. The fourth-order valence-electron chi connectivity index (χ4n) is 3.08. The molecule has 0 radical (unpaired) electrons. The first kappa shape index (κ1) is 15.3. The van der Waals surface area contributed by atoms with Crippen LogP contribution >= 0.6 is 0 Å². The van der Waals surface area contributed by atoms with Gasteiger partial charge in [-0.05, 0) is 45.7 Å². The highest BCUT2D eigenvalue weighted by Gasteiger charge is 2.33. The third kappa shape index (κ3) is 3.95. The summed E-state index contributed by atoms with van der Waals surface area (Å²) < 4.78 is 0. The number of hydrogen-bond donors (Lipinski definition) is 1. The van der Waals surface area contributed by atoms with Gasteiger partial charge in [-0.3, -0.25) is 9.59 Å². The molecule has 0 bridgehead atoms. The summed E-state index contributed by atoms with van der Waals surface area (Å²) in [6.45, 7) is 3.68. The third-order valence-electron chi connectivity index (χ3n) is 4.55. The number of likely N-dealkylation sites (N-methyl/N-ethyl adjacent to an activating group) is 1. The summed E-state index contributed by atoms with van der Waals surface area (Å²) in [5.41, 5.74) is 0. The molecule has 20 heavy (non-hydrogen) atoms. The fraction of sp³-hybridized carbons (Fsp3) is 0.867. The zero-order chi connectivity index (χ0) is 14.7. The van der Waals surface area contributed by atoms with Crippen LogP contribution in [0.15, 0.2) is 0 Å². The van der Waals surface area contributed by atoms with Gasteiger partial charge >= 0.3 is 0 Å². The Hall–Kier alpha value is -1.10. The number of nitrogens with zero attached hydrogens (tertiary/aromatic N) is 2. The van der Waals surface area contributed by atoms with E-state index >= 15 is 0 Å². The lowest BCUT2D eigenvalue weighted by atomic mass is 9.97. The van der Waals surface area contributed by atoms with Crippen molar-refractivity contribution in [3.63, 3.8) is 0 Å². The second-order valence-electron chi connectivity index (χ2n) is 6.42. The molecule has 5 nitrogen and oxygen atoms in total. The molecular weight excluding hydrogens is 254 g/mol. The van der Waals surface area contributed by atoms with Crippen LogP contribution in [0.5, 0.6) is 0 Å². The van der Waals surface area contributed by atoms with E-state index in [1.165, 1.54) is 12.8 Å². The molecule has 1 saturated heterocycles. The predicted molar refractivity (Wildman–Crippen MR) is 78.2 cm³/mol. The molecule has 0 aromatic carbocycles. The van der Waals surface area contributed by atoms with Gasteiger partial charge < -0.3 is 15.1 Å². The summed E-state index contributed by atoms with van der Waals surface area (Å²) in [5, 5.41) is 3.10. The van der Waals surface area contributed by atoms with Crippen LogP contribution in [0.4, 0.5) is 0 Å². The third-order valence-corrected chi connectivity index (χ3v) is 4.55. The number of amides is 2. The van der Waals surface area contributed by atoms with Gasteiger partial charge in [0.25, 0.3) is 0 Å². The Bertz CT molecular complexity index is 364. The molecule has 2 atom stereocenters. The Morgan fingerprint density at radius 1 is 1.30 bits per heavy atom. The van der Waals surface area contributed by atoms with Gasteiger partial charge in [-0.25, -0.2) is 0 Å². The minimum atomic E-state index is -0.0327. The summed E-state index contributed by atoms with van der Waals surface area (Å²) in [7, 11) is 4.15. The number of hydrogen-bond acceptors (Lipinski definition) is 3. The number of carbonyl (C=O) groups excluding carboxylic acids is 2. The van der Waals surface area contributed by atoms with Crippen molar-refractivity contribution in [3.05, 3.63) is 0 Å². The largest absolute Gasteiger partial charge is 0.354 e. The first-order chi connectivity index (χ1) is 9.49. The number of nitrogens with one attached hydrogen (secondary N) is 1. The number of piperidine rings is 1. The van der Waals surface area contributed by atoms with E-state index in [-0.39, 0.29) is 17.7 Å². The first-order valence-electron chi connectivity index (χ1n) is 7.68. The number of likely N-dealkylation sites (tertiary alicyclic amines) is 1. The highest BCUT2D eigenvalue weighted by atomic mass is 16.2. The van der Waals surface area contributed by atoms with E-state index in [2.05, 4.69) is 24.3 Å². The van der Waals surface area contributed by atoms with Crippen molar-refractivity contribution in [1.29, 1.82) is 0 Å². The van der Waals surface area contributed by atoms with Gasteiger partial charge in [-0.15, -0.1) is 0 Å². The minimum Gasteiger partial charge on any atom is -0.354 e. The molecule has 0 spiro atoms. The zero-order valence-electron chi connectivity index (χ0n) is 12.9. The molecule has 2 unspecified atom stereocenters. The molecule has 2 amide bonds. The van der Waals surface area contributed by atoms with E-state index in [1.54, 1.807) is 11.8 Å². The molecule has 0 aromatic rings. The van der Waals surface area contributed by atoms with Gasteiger partial charge in [0, 0.05) is 32.6 Å². The molecule has 1 N–H and O–H groups in total. The number of rotatable bonds is 5. The van der Waals surface area contributed by atoms with E-state index in [4.69, 9.17) is 0 Å². The van der Waals surface area contributed by atoms with Crippen LogP contribution in [-0.4, -0.2) is 61.4 Å². The molecule has 2 rings (SSSR count). The van der Waals surface area contributed by atoms with Crippen LogP contribution in [-0.2, 0) is 9.59 Å².